The molecule has 1 amide bonds. The van der Waals surface area contributed by atoms with Gasteiger partial charge in [0, 0.05) is 25.0 Å². The van der Waals surface area contributed by atoms with Gasteiger partial charge in [0.05, 0.1) is 6.54 Å². The second kappa shape index (κ2) is 7.01. The number of amides is 1. The Hall–Kier alpha value is -1.42. The van der Waals surface area contributed by atoms with Crippen LogP contribution in [-0.4, -0.2) is 24.0 Å². The Balaban J connectivity index is 2.29. The van der Waals surface area contributed by atoms with Crippen LogP contribution in [0.5, 0.6) is 0 Å². The van der Waals surface area contributed by atoms with Crippen molar-refractivity contribution in [2.24, 2.45) is 5.92 Å². The molecule has 0 spiro atoms. The van der Waals surface area contributed by atoms with E-state index in [2.05, 4.69) is 29.5 Å². The Morgan fingerprint density at radius 2 is 1.94 bits per heavy atom. The molecule has 0 aliphatic heterocycles. The van der Waals surface area contributed by atoms with Gasteiger partial charge in [0.15, 0.2) is 0 Å². The number of aromatic nitrogens is 1. The highest BCUT2D eigenvalue weighted by atomic mass is 16.1. The minimum Gasteiger partial charge on any atom is -0.355 e. The van der Waals surface area contributed by atoms with Crippen LogP contribution in [0.1, 0.15) is 32.4 Å². The molecule has 0 bridgehead atoms. The number of hydrogen-bond donors (Lipinski definition) is 2. The van der Waals surface area contributed by atoms with Gasteiger partial charge < -0.3 is 10.6 Å². The zero-order valence-electron chi connectivity index (χ0n) is 10.7. The summed E-state index contributed by atoms with van der Waals surface area (Å²) in [5.41, 5.74) is 1.14. The Bertz CT molecular complexity index is 338. The van der Waals surface area contributed by atoms with Crippen molar-refractivity contribution in [1.29, 1.82) is 0 Å². The van der Waals surface area contributed by atoms with Gasteiger partial charge in [0.25, 0.3) is 0 Å². The van der Waals surface area contributed by atoms with Gasteiger partial charge in [-0.15, -0.1) is 0 Å². The van der Waals surface area contributed by atoms with Crippen molar-refractivity contribution in [3.8, 4) is 0 Å². The van der Waals surface area contributed by atoms with Crippen LogP contribution in [0.2, 0.25) is 0 Å². The predicted molar refractivity (Wildman–Crippen MR) is 68.5 cm³/mol. The molecule has 0 aromatic carbocycles. The molecule has 1 aromatic rings. The average Bonchev–Trinajstić information content (AvgIpc) is 2.34. The number of nitrogens with one attached hydrogen (secondary N) is 2. The maximum Gasteiger partial charge on any atom is 0.233 e. The molecule has 94 valence electrons. The van der Waals surface area contributed by atoms with E-state index in [4.69, 9.17) is 0 Å². The Morgan fingerprint density at radius 1 is 1.29 bits per heavy atom. The molecule has 2 N–H and O–H groups in total. The quantitative estimate of drug-likeness (QED) is 0.785. The van der Waals surface area contributed by atoms with Crippen molar-refractivity contribution in [1.82, 2.24) is 15.6 Å². The van der Waals surface area contributed by atoms with Gasteiger partial charge in [0.1, 0.15) is 0 Å². The smallest absolute Gasteiger partial charge is 0.233 e. The van der Waals surface area contributed by atoms with Gasteiger partial charge in [-0.1, -0.05) is 13.8 Å². The standard InChI is InChI=1S/C13H21N3O/c1-10(2)8-16-13(17)9-15-11(3)12-4-6-14-7-5-12/h4-7,10-11,15H,8-9H2,1-3H3,(H,16,17)/t11-/m0/s1. The van der Waals surface area contributed by atoms with Gasteiger partial charge in [-0.05, 0) is 30.5 Å². The topological polar surface area (TPSA) is 54.0 Å². The second-order valence-corrected chi connectivity index (χ2v) is 4.58. The molecule has 0 radical (unpaired) electrons. The first kappa shape index (κ1) is 13.6. The van der Waals surface area contributed by atoms with Crippen molar-refractivity contribution in [2.45, 2.75) is 26.8 Å². The fraction of sp³-hybridized carbons (Fsp3) is 0.538. The molecular weight excluding hydrogens is 214 g/mol. The first-order valence-corrected chi connectivity index (χ1v) is 5.99. The maximum absolute atomic E-state index is 11.5. The largest absolute Gasteiger partial charge is 0.355 e. The number of nitrogens with zero attached hydrogens (tertiary/aromatic N) is 1. The molecule has 0 fully saturated rings. The molecule has 0 saturated carbocycles. The van der Waals surface area contributed by atoms with Gasteiger partial charge in [-0.25, -0.2) is 0 Å². The summed E-state index contributed by atoms with van der Waals surface area (Å²) in [6.45, 7) is 7.26. The highest BCUT2D eigenvalue weighted by Gasteiger charge is 2.07. The average molecular weight is 235 g/mol. The molecular formula is C13H21N3O. The van der Waals surface area contributed by atoms with Crippen molar-refractivity contribution >= 4 is 5.91 Å². The van der Waals surface area contributed by atoms with Crippen LogP contribution in [0.25, 0.3) is 0 Å². The van der Waals surface area contributed by atoms with Crippen LogP contribution in [0.15, 0.2) is 24.5 Å². The van der Waals surface area contributed by atoms with Gasteiger partial charge in [-0.2, -0.15) is 0 Å². The van der Waals surface area contributed by atoms with E-state index in [-0.39, 0.29) is 11.9 Å². The number of carbonyl (C=O) groups excluding carboxylic acids is 1. The molecule has 1 rings (SSSR count). The highest BCUT2D eigenvalue weighted by Crippen LogP contribution is 2.09. The third kappa shape index (κ3) is 5.45. The predicted octanol–water partition coefficient (Wildman–Crippen LogP) is 1.50. The molecule has 1 atom stereocenters. The summed E-state index contributed by atoms with van der Waals surface area (Å²) in [4.78, 5) is 15.5. The van der Waals surface area contributed by atoms with E-state index in [1.807, 2.05) is 19.1 Å². The Morgan fingerprint density at radius 3 is 2.53 bits per heavy atom. The highest BCUT2D eigenvalue weighted by molar-refractivity contribution is 5.78. The molecule has 0 saturated heterocycles. The Kier molecular flexibility index (Phi) is 5.63. The molecule has 0 aliphatic rings. The minimum absolute atomic E-state index is 0.0413. The van der Waals surface area contributed by atoms with Crippen molar-refractivity contribution in [3.05, 3.63) is 30.1 Å². The van der Waals surface area contributed by atoms with E-state index in [0.717, 1.165) is 12.1 Å². The Labute approximate surface area is 103 Å². The molecule has 17 heavy (non-hydrogen) atoms. The van der Waals surface area contributed by atoms with E-state index in [0.29, 0.717) is 12.5 Å². The normalized spacial score (nSPS) is 12.5. The monoisotopic (exact) mass is 235 g/mol. The summed E-state index contributed by atoms with van der Waals surface area (Å²) >= 11 is 0. The van der Waals surface area contributed by atoms with Crippen molar-refractivity contribution < 1.29 is 4.79 Å². The summed E-state index contributed by atoms with van der Waals surface area (Å²) in [6.07, 6.45) is 3.51. The lowest BCUT2D eigenvalue weighted by Gasteiger charge is -2.14. The fourth-order valence-electron chi connectivity index (χ4n) is 1.40. The van der Waals surface area contributed by atoms with Crippen molar-refractivity contribution in [2.75, 3.05) is 13.1 Å². The lowest BCUT2D eigenvalue weighted by Crippen LogP contribution is -2.36. The van der Waals surface area contributed by atoms with Crippen LogP contribution in [0.3, 0.4) is 0 Å². The van der Waals surface area contributed by atoms with Crippen LogP contribution < -0.4 is 10.6 Å². The summed E-state index contributed by atoms with van der Waals surface area (Å²) in [7, 11) is 0. The van der Waals surface area contributed by atoms with E-state index < -0.39 is 0 Å². The van der Waals surface area contributed by atoms with Crippen LogP contribution in [0, 0.1) is 5.92 Å². The number of carbonyl (C=O) groups is 1. The zero-order valence-corrected chi connectivity index (χ0v) is 10.7. The molecule has 4 heteroatoms. The number of rotatable bonds is 6. The molecule has 4 nitrogen and oxygen atoms in total. The summed E-state index contributed by atoms with van der Waals surface area (Å²) in [5.74, 6) is 0.524. The van der Waals surface area contributed by atoms with Crippen LogP contribution >= 0.6 is 0 Å². The summed E-state index contributed by atoms with van der Waals surface area (Å²) in [5, 5.41) is 6.06. The fourth-order valence-corrected chi connectivity index (χ4v) is 1.40. The van der Waals surface area contributed by atoms with E-state index in [1.165, 1.54) is 0 Å². The van der Waals surface area contributed by atoms with Gasteiger partial charge >= 0.3 is 0 Å². The van der Waals surface area contributed by atoms with E-state index in [1.54, 1.807) is 12.4 Å². The second-order valence-electron chi connectivity index (χ2n) is 4.58. The third-order valence-electron chi connectivity index (χ3n) is 2.48. The van der Waals surface area contributed by atoms with E-state index >= 15 is 0 Å². The first-order chi connectivity index (χ1) is 8.09. The summed E-state index contributed by atoms with van der Waals surface area (Å²) in [6, 6.07) is 4.05. The van der Waals surface area contributed by atoms with Gasteiger partial charge in [-0.3, -0.25) is 9.78 Å². The molecule has 0 unspecified atom stereocenters. The molecule has 0 aliphatic carbocycles. The number of hydrogen-bond acceptors (Lipinski definition) is 3. The van der Waals surface area contributed by atoms with Gasteiger partial charge in [0.2, 0.25) is 5.91 Å². The first-order valence-electron chi connectivity index (χ1n) is 5.99. The lowest BCUT2D eigenvalue weighted by molar-refractivity contribution is -0.120. The van der Waals surface area contributed by atoms with E-state index in [9.17, 15) is 4.79 Å². The molecule has 1 heterocycles. The minimum atomic E-state index is 0.0413. The third-order valence-corrected chi connectivity index (χ3v) is 2.48. The lowest BCUT2D eigenvalue weighted by atomic mass is 10.1. The zero-order chi connectivity index (χ0) is 12.7. The maximum atomic E-state index is 11.5. The molecule has 1 aromatic heterocycles. The SMILES string of the molecule is CC(C)CNC(=O)CN[C@@H](C)c1ccncc1. The van der Waals surface area contributed by atoms with Crippen LogP contribution in [-0.2, 0) is 4.79 Å². The van der Waals surface area contributed by atoms with Crippen LogP contribution in [0.4, 0.5) is 0 Å². The number of pyridine rings is 1. The van der Waals surface area contributed by atoms with Crippen molar-refractivity contribution in [3.63, 3.8) is 0 Å². The summed E-state index contributed by atoms with van der Waals surface area (Å²) < 4.78 is 0.